The van der Waals surface area contributed by atoms with E-state index in [1.807, 2.05) is 29.8 Å². The van der Waals surface area contributed by atoms with Gasteiger partial charge in [-0.1, -0.05) is 30.3 Å². The van der Waals surface area contributed by atoms with Gasteiger partial charge in [-0.25, -0.2) is 9.67 Å². The van der Waals surface area contributed by atoms with Crippen LogP contribution >= 0.6 is 0 Å². The third-order valence-corrected chi connectivity index (χ3v) is 5.04. The summed E-state index contributed by atoms with van der Waals surface area (Å²) in [6, 6.07) is 10.1. The molecule has 1 fully saturated rings. The fourth-order valence-corrected chi connectivity index (χ4v) is 3.64. The molecule has 2 aromatic rings. The van der Waals surface area contributed by atoms with Crippen molar-refractivity contribution in [3.8, 4) is 0 Å². The van der Waals surface area contributed by atoms with Gasteiger partial charge in [0.1, 0.15) is 12.2 Å². The topological polar surface area (TPSA) is 74.4 Å². The number of benzene rings is 1. The summed E-state index contributed by atoms with van der Waals surface area (Å²) in [6.45, 7) is 4.95. The summed E-state index contributed by atoms with van der Waals surface area (Å²) in [5.41, 5.74) is 0.612. The number of hydrogen-bond donors (Lipinski definition) is 2. The molecule has 6 nitrogen and oxygen atoms in total. The highest BCUT2D eigenvalue weighted by molar-refractivity contribution is 5.18. The summed E-state index contributed by atoms with van der Waals surface area (Å²) >= 11 is 0. The summed E-state index contributed by atoms with van der Waals surface area (Å²) < 4.78 is 1.89. The van der Waals surface area contributed by atoms with Crippen LogP contribution in [0.15, 0.2) is 36.7 Å². The van der Waals surface area contributed by atoms with Crippen molar-refractivity contribution in [2.75, 3.05) is 19.7 Å². The van der Waals surface area contributed by atoms with Crippen LogP contribution < -0.4 is 0 Å². The number of rotatable bonds is 6. The third-order valence-electron chi connectivity index (χ3n) is 5.04. The SMILES string of the molecule is CCn1ncnc1CN1CC[C@H](O)[C@](CO)(Cc2ccccc2)C1. The van der Waals surface area contributed by atoms with Crippen LogP contribution in [-0.4, -0.2) is 55.7 Å². The Morgan fingerprint density at radius 1 is 1.29 bits per heavy atom. The second kappa shape index (κ2) is 7.42. The van der Waals surface area contributed by atoms with Gasteiger partial charge in [-0.05, 0) is 25.3 Å². The van der Waals surface area contributed by atoms with E-state index in [-0.39, 0.29) is 6.61 Å². The Kier molecular flexibility index (Phi) is 5.28. The fraction of sp³-hybridized carbons (Fsp3) is 0.556. The molecule has 0 aliphatic carbocycles. The van der Waals surface area contributed by atoms with E-state index in [0.29, 0.717) is 25.9 Å². The van der Waals surface area contributed by atoms with Crippen molar-refractivity contribution in [3.63, 3.8) is 0 Å². The minimum atomic E-state index is -0.531. The number of piperidine rings is 1. The van der Waals surface area contributed by atoms with Crippen LogP contribution in [0.1, 0.15) is 24.7 Å². The van der Waals surface area contributed by atoms with Crippen molar-refractivity contribution in [3.05, 3.63) is 48.0 Å². The average Bonchev–Trinajstić information content (AvgIpc) is 3.06. The largest absolute Gasteiger partial charge is 0.396 e. The first-order valence-corrected chi connectivity index (χ1v) is 8.59. The van der Waals surface area contributed by atoms with Crippen molar-refractivity contribution in [1.82, 2.24) is 19.7 Å². The fourth-order valence-electron chi connectivity index (χ4n) is 3.64. The van der Waals surface area contributed by atoms with Crippen molar-refractivity contribution >= 4 is 0 Å². The molecule has 2 atom stereocenters. The highest BCUT2D eigenvalue weighted by atomic mass is 16.3. The van der Waals surface area contributed by atoms with Crippen LogP contribution in [0.2, 0.25) is 0 Å². The lowest BCUT2D eigenvalue weighted by Crippen LogP contribution is -2.54. The van der Waals surface area contributed by atoms with Crippen molar-refractivity contribution in [2.45, 2.75) is 39.0 Å². The minimum absolute atomic E-state index is 0.0277. The van der Waals surface area contributed by atoms with Gasteiger partial charge in [0.25, 0.3) is 0 Å². The van der Waals surface area contributed by atoms with E-state index in [1.165, 1.54) is 0 Å². The molecule has 3 rings (SSSR count). The van der Waals surface area contributed by atoms with Crippen LogP contribution in [0.4, 0.5) is 0 Å². The van der Waals surface area contributed by atoms with Gasteiger partial charge in [0.05, 0.1) is 19.3 Å². The molecule has 1 aliphatic heterocycles. The standard InChI is InChI=1S/C18H26N4O2/c1-2-22-17(19-14-20-22)11-21-9-8-16(24)18(12-21,13-23)10-15-6-4-3-5-7-15/h3-7,14,16,23-24H,2,8-13H2,1H3/t16-,18+/m0/s1. The van der Waals surface area contributed by atoms with Crippen LogP contribution in [0.25, 0.3) is 0 Å². The van der Waals surface area contributed by atoms with E-state index in [9.17, 15) is 10.2 Å². The zero-order valence-electron chi connectivity index (χ0n) is 14.2. The smallest absolute Gasteiger partial charge is 0.140 e. The average molecular weight is 330 g/mol. The van der Waals surface area contributed by atoms with Crippen molar-refractivity contribution in [1.29, 1.82) is 0 Å². The van der Waals surface area contributed by atoms with E-state index in [2.05, 4.69) is 27.1 Å². The van der Waals surface area contributed by atoms with Crippen LogP contribution in [0.3, 0.4) is 0 Å². The molecule has 0 saturated carbocycles. The molecule has 1 saturated heterocycles. The van der Waals surface area contributed by atoms with E-state index in [4.69, 9.17) is 0 Å². The van der Waals surface area contributed by atoms with Gasteiger partial charge < -0.3 is 10.2 Å². The summed E-state index contributed by atoms with van der Waals surface area (Å²) in [7, 11) is 0. The van der Waals surface area contributed by atoms with Crippen LogP contribution in [0, 0.1) is 5.41 Å². The number of aromatic nitrogens is 3. The highest BCUT2D eigenvalue weighted by Crippen LogP contribution is 2.34. The lowest BCUT2D eigenvalue weighted by Gasteiger charge is -2.45. The second-order valence-corrected chi connectivity index (χ2v) is 6.69. The molecule has 0 amide bonds. The first-order chi connectivity index (χ1) is 11.7. The normalized spacial score (nSPS) is 25.0. The molecule has 1 aromatic heterocycles. The molecule has 0 spiro atoms. The molecule has 2 N–H and O–H groups in total. The molecule has 1 aromatic carbocycles. The number of nitrogens with zero attached hydrogens (tertiary/aromatic N) is 4. The Morgan fingerprint density at radius 3 is 2.79 bits per heavy atom. The Balaban J connectivity index is 1.76. The summed E-state index contributed by atoms with van der Waals surface area (Å²) in [6.07, 6.45) is 2.42. The third kappa shape index (κ3) is 3.50. The number of likely N-dealkylation sites (tertiary alicyclic amines) is 1. The molecule has 24 heavy (non-hydrogen) atoms. The van der Waals surface area contributed by atoms with E-state index < -0.39 is 11.5 Å². The summed E-state index contributed by atoms with van der Waals surface area (Å²) in [4.78, 5) is 6.61. The number of aryl methyl sites for hydroxylation is 1. The van der Waals surface area contributed by atoms with Gasteiger partial charge in [0, 0.05) is 25.0 Å². The van der Waals surface area contributed by atoms with Gasteiger partial charge in [-0.15, -0.1) is 0 Å². The molecule has 1 aliphatic rings. The quantitative estimate of drug-likeness (QED) is 0.829. The number of aliphatic hydroxyl groups is 2. The molecule has 130 valence electrons. The molecular formula is C18H26N4O2. The Morgan fingerprint density at radius 2 is 2.08 bits per heavy atom. The molecule has 0 unspecified atom stereocenters. The minimum Gasteiger partial charge on any atom is -0.396 e. The summed E-state index contributed by atoms with van der Waals surface area (Å²) in [5.74, 6) is 0.931. The predicted octanol–water partition coefficient (Wildman–Crippen LogP) is 1.09. The maximum Gasteiger partial charge on any atom is 0.140 e. The molecular weight excluding hydrogens is 304 g/mol. The lowest BCUT2D eigenvalue weighted by atomic mass is 9.73. The first-order valence-electron chi connectivity index (χ1n) is 8.59. The summed E-state index contributed by atoms with van der Waals surface area (Å²) in [5, 5.41) is 24.9. The van der Waals surface area contributed by atoms with Gasteiger partial charge >= 0.3 is 0 Å². The van der Waals surface area contributed by atoms with E-state index in [0.717, 1.165) is 24.5 Å². The van der Waals surface area contributed by atoms with Crippen molar-refractivity contribution in [2.24, 2.45) is 5.41 Å². The van der Waals surface area contributed by atoms with Gasteiger partial charge in [-0.2, -0.15) is 5.10 Å². The second-order valence-electron chi connectivity index (χ2n) is 6.69. The predicted molar refractivity (Wildman–Crippen MR) is 91.3 cm³/mol. The molecule has 2 heterocycles. The lowest BCUT2D eigenvalue weighted by molar-refractivity contribution is -0.0775. The number of aliphatic hydroxyl groups excluding tert-OH is 2. The maximum absolute atomic E-state index is 10.6. The van der Waals surface area contributed by atoms with Gasteiger partial charge in [0.2, 0.25) is 0 Å². The maximum atomic E-state index is 10.6. The van der Waals surface area contributed by atoms with Crippen LogP contribution in [-0.2, 0) is 19.5 Å². The van der Waals surface area contributed by atoms with Gasteiger partial charge in [-0.3, -0.25) is 4.90 Å². The van der Waals surface area contributed by atoms with Crippen LogP contribution in [0.5, 0.6) is 0 Å². The van der Waals surface area contributed by atoms with E-state index >= 15 is 0 Å². The van der Waals surface area contributed by atoms with E-state index in [1.54, 1.807) is 6.33 Å². The Labute approximate surface area is 142 Å². The van der Waals surface area contributed by atoms with Gasteiger partial charge in [0.15, 0.2) is 0 Å². The zero-order chi connectivity index (χ0) is 17.0. The highest BCUT2D eigenvalue weighted by Gasteiger charge is 2.42. The molecule has 0 radical (unpaired) electrons. The molecule has 6 heteroatoms. The number of hydrogen-bond acceptors (Lipinski definition) is 5. The Hall–Kier alpha value is -1.76. The first kappa shape index (κ1) is 17.1. The Bertz CT molecular complexity index is 645. The van der Waals surface area contributed by atoms with Crippen molar-refractivity contribution < 1.29 is 10.2 Å². The zero-order valence-corrected chi connectivity index (χ0v) is 14.2. The monoisotopic (exact) mass is 330 g/mol. The molecule has 0 bridgehead atoms.